The molecule has 1 aromatic carbocycles. The number of halogens is 3. The van der Waals surface area contributed by atoms with Crippen LogP contribution >= 0.6 is 0 Å². The van der Waals surface area contributed by atoms with Crippen LogP contribution in [0.1, 0.15) is 25.8 Å². The first-order valence-electron chi connectivity index (χ1n) is 11.0. The number of hydrogen-bond donors (Lipinski definition) is 2. The van der Waals surface area contributed by atoms with Gasteiger partial charge >= 0.3 is 18.1 Å². The van der Waals surface area contributed by atoms with E-state index < -0.39 is 41.5 Å². The Morgan fingerprint density at radius 1 is 1.17 bits per heavy atom. The first-order valence-corrected chi connectivity index (χ1v) is 11.0. The highest BCUT2D eigenvalue weighted by Crippen LogP contribution is 2.45. The summed E-state index contributed by atoms with van der Waals surface area (Å²) in [5.41, 5.74) is -0.459. The molecule has 3 rings (SSSR count). The summed E-state index contributed by atoms with van der Waals surface area (Å²) in [7, 11) is 2.90. The number of carboxylic acid groups (broad SMARTS) is 1. The van der Waals surface area contributed by atoms with E-state index in [-0.39, 0.29) is 30.8 Å². The minimum Gasteiger partial charge on any atom is -0.475 e. The van der Waals surface area contributed by atoms with Gasteiger partial charge in [-0.05, 0) is 12.0 Å². The topological polar surface area (TPSA) is 133 Å². The fourth-order valence-electron chi connectivity index (χ4n) is 4.52. The molecule has 3 amide bonds. The van der Waals surface area contributed by atoms with Gasteiger partial charge in [0.05, 0.1) is 25.5 Å². The minimum absolute atomic E-state index is 0.155. The average molecular weight is 515 g/mol. The molecule has 0 bridgehead atoms. The monoisotopic (exact) mass is 515 g/mol. The molecule has 2 aliphatic rings. The molecule has 2 N–H and O–H groups in total. The number of carbonyl (C=O) groups is 5. The number of esters is 1. The zero-order valence-electron chi connectivity index (χ0n) is 20.2. The summed E-state index contributed by atoms with van der Waals surface area (Å²) in [5.74, 6) is -5.77. The normalized spacial score (nSPS) is 25.1. The highest BCUT2D eigenvalue weighted by molar-refractivity contribution is 6.09. The van der Waals surface area contributed by atoms with Crippen molar-refractivity contribution in [2.75, 3.05) is 20.7 Å². The van der Waals surface area contributed by atoms with Gasteiger partial charge in [-0.3, -0.25) is 29.4 Å². The predicted molar refractivity (Wildman–Crippen MR) is 118 cm³/mol. The summed E-state index contributed by atoms with van der Waals surface area (Å²) in [6, 6.07) is 8.73. The molecular weight excluding hydrogens is 487 g/mol. The van der Waals surface area contributed by atoms with Crippen molar-refractivity contribution in [3.05, 3.63) is 35.9 Å². The third kappa shape index (κ3) is 5.66. The van der Waals surface area contributed by atoms with E-state index in [4.69, 9.17) is 14.6 Å². The number of hydrogen-bond acceptors (Lipinski definition) is 7. The summed E-state index contributed by atoms with van der Waals surface area (Å²) >= 11 is 0. The van der Waals surface area contributed by atoms with Gasteiger partial charge in [-0.1, -0.05) is 37.3 Å². The fourth-order valence-corrected chi connectivity index (χ4v) is 4.52. The summed E-state index contributed by atoms with van der Waals surface area (Å²) in [4.78, 5) is 62.7. The van der Waals surface area contributed by atoms with Crippen molar-refractivity contribution in [3.8, 4) is 0 Å². The number of carboxylic acids is 1. The van der Waals surface area contributed by atoms with Crippen molar-refractivity contribution >= 4 is 29.7 Å². The zero-order chi connectivity index (χ0) is 27.4. The van der Waals surface area contributed by atoms with Gasteiger partial charge < -0.3 is 14.7 Å². The molecule has 4 atom stereocenters. The van der Waals surface area contributed by atoms with Crippen LogP contribution in [0.2, 0.25) is 0 Å². The van der Waals surface area contributed by atoms with Crippen LogP contribution in [0, 0.1) is 11.8 Å². The fraction of sp³-hybridized carbons (Fsp3) is 0.522. The van der Waals surface area contributed by atoms with Crippen LogP contribution in [-0.2, 0) is 35.3 Å². The third-order valence-electron chi connectivity index (χ3n) is 6.39. The van der Waals surface area contributed by atoms with E-state index in [1.807, 2.05) is 30.3 Å². The molecule has 36 heavy (non-hydrogen) atoms. The van der Waals surface area contributed by atoms with Gasteiger partial charge in [-0.25, -0.2) is 4.79 Å². The number of nitrogens with one attached hydrogen (secondary N) is 1. The van der Waals surface area contributed by atoms with Crippen LogP contribution in [-0.4, -0.2) is 83.0 Å². The predicted octanol–water partition coefficient (Wildman–Crippen LogP) is 1.19. The Kier molecular flexibility index (Phi) is 8.84. The molecule has 1 aromatic rings. The van der Waals surface area contributed by atoms with E-state index in [0.29, 0.717) is 6.42 Å². The molecule has 0 saturated carbocycles. The smallest absolute Gasteiger partial charge is 0.475 e. The molecule has 2 heterocycles. The number of imide groups is 1. The van der Waals surface area contributed by atoms with Crippen molar-refractivity contribution in [1.82, 2.24) is 15.1 Å². The van der Waals surface area contributed by atoms with Crippen LogP contribution in [0.3, 0.4) is 0 Å². The molecule has 13 heteroatoms. The first kappa shape index (κ1) is 28.8. The van der Waals surface area contributed by atoms with Crippen molar-refractivity contribution in [1.29, 1.82) is 0 Å². The third-order valence-corrected chi connectivity index (χ3v) is 6.39. The highest BCUT2D eigenvalue weighted by Gasteiger charge is 2.67. The number of rotatable bonds is 6. The molecular formula is C23H28F3N3O7. The van der Waals surface area contributed by atoms with Crippen LogP contribution in [0.25, 0.3) is 0 Å². The largest absolute Gasteiger partial charge is 0.490 e. The molecule has 0 aliphatic carbocycles. The number of nitrogens with zero attached hydrogens (tertiary/aromatic N) is 2. The molecule has 0 spiro atoms. The summed E-state index contributed by atoms with van der Waals surface area (Å²) in [5, 5.41) is 10.3. The van der Waals surface area contributed by atoms with Gasteiger partial charge in [0.15, 0.2) is 0 Å². The lowest BCUT2D eigenvalue weighted by molar-refractivity contribution is -0.192. The summed E-state index contributed by atoms with van der Waals surface area (Å²) in [6.45, 7) is 3.59. The molecule has 0 unspecified atom stereocenters. The second-order valence-electron chi connectivity index (χ2n) is 8.52. The number of likely N-dealkylation sites (N-methyl/N-ethyl adjacent to an activating group) is 1. The standard InChI is InChI=1S/C21H27N3O5.C2HF3O2/c1-5-21(20(28)29-4)17-16(15(22-21)12-23(3)13(2)25)18(26)24(19(17)27)11-14-9-7-6-8-10-14;3-2(4,5)1(6)7/h6-10,15-17,22H,5,11-12H2,1-4H3;(H,6,7)/t15-,16+,17-,21-;/m1./s1. The second-order valence-corrected chi connectivity index (χ2v) is 8.52. The number of aliphatic carboxylic acids is 1. The highest BCUT2D eigenvalue weighted by atomic mass is 19.4. The summed E-state index contributed by atoms with van der Waals surface area (Å²) in [6.07, 6.45) is -4.79. The molecule has 2 saturated heterocycles. The summed E-state index contributed by atoms with van der Waals surface area (Å²) < 4.78 is 36.7. The van der Waals surface area contributed by atoms with Crippen molar-refractivity contribution in [2.45, 2.75) is 44.6 Å². The number of carbonyl (C=O) groups excluding carboxylic acids is 4. The van der Waals surface area contributed by atoms with Gasteiger partial charge in [0.25, 0.3) is 0 Å². The molecule has 0 aromatic heterocycles. The van der Waals surface area contributed by atoms with Gasteiger partial charge in [-0.2, -0.15) is 13.2 Å². The van der Waals surface area contributed by atoms with Gasteiger partial charge in [0.2, 0.25) is 17.7 Å². The van der Waals surface area contributed by atoms with Gasteiger partial charge in [-0.15, -0.1) is 0 Å². The van der Waals surface area contributed by atoms with E-state index in [1.54, 1.807) is 14.0 Å². The van der Waals surface area contributed by atoms with Gasteiger partial charge in [0, 0.05) is 26.6 Å². The second kappa shape index (κ2) is 11.1. The quantitative estimate of drug-likeness (QED) is 0.427. The Morgan fingerprint density at radius 3 is 2.17 bits per heavy atom. The molecule has 2 fully saturated rings. The van der Waals surface area contributed by atoms with Crippen LogP contribution < -0.4 is 5.32 Å². The first-order chi connectivity index (χ1) is 16.7. The van der Waals surface area contributed by atoms with E-state index in [9.17, 15) is 32.3 Å². The number of alkyl halides is 3. The maximum atomic E-state index is 13.3. The van der Waals surface area contributed by atoms with E-state index in [2.05, 4.69) is 5.32 Å². The lowest BCUT2D eigenvalue weighted by Crippen LogP contribution is -2.58. The maximum absolute atomic E-state index is 13.3. The Bertz CT molecular complexity index is 1020. The van der Waals surface area contributed by atoms with Crippen LogP contribution in [0.5, 0.6) is 0 Å². The number of amides is 3. The lowest BCUT2D eigenvalue weighted by atomic mass is 9.78. The van der Waals surface area contributed by atoms with Crippen LogP contribution in [0.15, 0.2) is 30.3 Å². The number of ether oxygens (including phenoxy) is 1. The number of benzene rings is 1. The van der Waals surface area contributed by atoms with Crippen LogP contribution in [0.4, 0.5) is 13.2 Å². The molecule has 10 nitrogen and oxygen atoms in total. The van der Waals surface area contributed by atoms with E-state index in [0.717, 1.165) is 5.56 Å². The van der Waals surface area contributed by atoms with Crippen molar-refractivity contribution in [2.24, 2.45) is 11.8 Å². The average Bonchev–Trinajstić information content (AvgIpc) is 3.28. The Balaban J connectivity index is 0.000000572. The molecule has 0 radical (unpaired) electrons. The zero-order valence-corrected chi connectivity index (χ0v) is 20.2. The maximum Gasteiger partial charge on any atom is 0.490 e. The van der Waals surface area contributed by atoms with Crippen molar-refractivity contribution in [3.63, 3.8) is 0 Å². The Hall–Kier alpha value is -3.48. The molecule has 2 aliphatic heterocycles. The number of fused-ring (bicyclic) bond motifs is 1. The SMILES string of the molecule is CC[C@@]1(C(=O)OC)N[C@H](CN(C)C(C)=O)[C@@H]2C(=O)N(Cc3ccccc3)C(=O)[C@@H]21.O=C(O)C(F)(F)F. The molecule has 198 valence electrons. The lowest BCUT2D eigenvalue weighted by Gasteiger charge is -2.32. The Morgan fingerprint density at radius 2 is 1.72 bits per heavy atom. The number of likely N-dealkylation sites (tertiary alicyclic amines) is 1. The number of methoxy groups -OCH3 is 1. The van der Waals surface area contributed by atoms with Crippen molar-refractivity contribution < 1.29 is 47.0 Å². The Labute approximate surface area is 205 Å². The van der Waals surface area contributed by atoms with E-state index in [1.165, 1.54) is 23.8 Å². The van der Waals surface area contributed by atoms with E-state index >= 15 is 0 Å². The minimum atomic E-state index is -5.08. The van der Waals surface area contributed by atoms with Gasteiger partial charge in [0.1, 0.15) is 5.54 Å².